The van der Waals surface area contributed by atoms with Gasteiger partial charge in [-0.3, -0.25) is 4.79 Å². The number of pyridine rings is 1. The Morgan fingerprint density at radius 1 is 1.33 bits per heavy atom. The molecule has 0 unspecified atom stereocenters. The maximum absolute atomic E-state index is 13.8. The van der Waals surface area contributed by atoms with Crippen molar-refractivity contribution in [1.82, 2.24) is 15.0 Å². The SMILES string of the molecule is C[C@H](CC(=O)[C@H](C#N)c1nc2ncccc2[nH]1)c1ccccc1F. The highest BCUT2D eigenvalue weighted by Crippen LogP contribution is 2.26. The number of Topliss-reactive ketones (excluding diaryl/α,β-unsaturated/α-hetero) is 1. The summed E-state index contributed by atoms with van der Waals surface area (Å²) < 4.78 is 13.8. The molecule has 1 N–H and O–H groups in total. The number of benzene rings is 1. The minimum absolute atomic E-state index is 0.0592. The van der Waals surface area contributed by atoms with Crippen molar-refractivity contribution in [2.45, 2.75) is 25.2 Å². The average molecular weight is 322 g/mol. The zero-order chi connectivity index (χ0) is 17.1. The van der Waals surface area contributed by atoms with Gasteiger partial charge in [-0.25, -0.2) is 14.4 Å². The quantitative estimate of drug-likeness (QED) is 0.779. The molecule has 3 rings (SSSR count). The topological polar surface area (TPSA) is 82.4 Å². The third-order valence-corrected chi connectivity index (χ3v) is 3.94. The van der Waals surface area contributed by atoms with E-state index in [2.05, 4.69) is 15.0 Å². The van der Waals surface area contributed by atoms with Crippen LogP contribution in [0, 0.1) is 17.1 Å². The van der Waals surface area contributed by atoms with E-state index in [0.29, 0.717) is 16.7 Å². The predicted molar refractivity (Wildman–Crippen MR) is 86.7 cm³/mol. The van der Waals surface area contributed by atoms with Gasteiger partial charge < -0.3 is 4.98 Å². The van der Waals surface area contributed by atoms with Crippen LogP contribution in [0.4, 0.5) is 4.39 Å². The third kappa shape index (κ3) is 3.01. The van der Waals surface area contributed by atoms with E-state index < -0.39 is 5.92 Å². The van der Waals surface area contributed by atoms with E-state index in [9.17, 15) is 14.4 Å². The summed E-state index contributed by atoms with van der Waals surface area (Å²) in [6.45, 7) is 1.77. The first-order chi connectivity index (χ1) is 11.6. The number of aromatic amines is 1. The van der Waals surface area contributed by atoms with E-state index >= 15 is 0 Å². The molecule has 0 amide bonds. The van der Waals surface area contributed by atoms with Crippen LogP contribution < -0.4 is 0 Å². The van der Waals surface area contributed by atoms with Gasteiger partial charge in [0.25, 0.3) is 0 Å². The van der Waals surface area contributed by atoms with Crippen molar-refractivity contribution in [3.63, 3.8) is 0 Å². The molecule has 0 aliphatic heterocycles. The van der Waals surface area contributed by atoms with Gasteiger partial charge in [-0.05, 0) is 29.7 Å². The normalized spacial score (nSPS) is 13.4. The lowest BCUT2D eigenvalue weighted by molar-refractivity contribution is -0.119. The van der Waals surface area contributed by atoms with Gasteiger partial charge >= 0.3 is 0 Å². The molecule has 0 fully saturated rings. The minimum Gasteiger partial charge on any atom is -0.339 e. The molecule has 0 saturated carbocycles. The van der Waals surface area contributed by atoms with Crippen molar-refractivity contribution in [1.29, 1.82) is 5.26 Å². The van der Waals surface area contributed by atoms with Gasteiger partial charge in [-0.15, -0.1) is 0 Å². The Labute approximate surface area is 138 Å². The van der Waals surface area contributed by atoms with Crippen LogP contribution in [0.1, 0.15) is 36.6 Å². The van der Waals surface area contributed by atoms with E-state index in [1.54, 1.807) is 43.5 Å². The number of nitriles is 1. The molecule has 6 heteroatoms. The number of fused-ring (bicyclic) bond motifs is 1. The smallest absolute Gasteiger partial charge is 0.177 e. The lowest BCUT2D eigenvalue weighted by atomic mass is 9.90. The van der Waals surface area contributed by atoms with Gasteiger partial charge in [0.2, 0.25) is 0 Å². The fourth-order valence-electron chi connectivity index (χ4n) is 2.69. The lowest BCUT2D eigenvalue weighted by Gasteiger charge is -2.13. The summed E-state index contributed by atoms with van der Waals surface area (Å²) in [6.07, 6.45) is 1.65. The van der Waals surface area contributed by atoms with E-state index in [1.165, 1.54) is 6.07 Å². The number of rotatable bonds is 5. The average Bonchev–Trinajstić information content (AvgIpc) is 2.99. The predicted octanol–water partition coefficient (Wildman–Crippen LogP) is 3.47. The van der Waals surface area contributed by atoms with Crippen LogP contribution in [-0.4, -0.2) is 20.7 Å². The van der Waals surface area contributed by atoms with E-state index in [0.717, 1.165) is 0 Å². The highest BCUT2D eigenvalue weighted by atomic mass is 19.1. The number of hydrogen-bond acceptors (Lipinski definition) is 4. The summed E-state index contributed by atoms with van der Waals surface area (Å²) in [5, 5.41) is 9.39. The van der Waals surface area contributed by atoms with Crippen LogP contribution in [0.15, 0.2) is 42.6 Å². The second kappa shape index (κ2) is 6.59. The molecule has 1 aromatic carbocycles. The van der Waals surface area contributed by atoms with Crippen LogP contribution in [-0.2, 0) is 4.79 Å². The van der Waals surface area contributed by atoms with Crippen molar-refractivity contribution in [2.24, 2.45) is 0 Å². The molecule has 2 atom stereocenters. The highest BCUT2D eigenvalue weighted by Gasteiger charge is 2.26. The Kier molecular flexibility index (Phi) is 4.34. The number of nitrogens with zero attached hydrogens (tertiary/aromatic N) is 3. The molecule has 3 aromatic rings. The first kappa shape index (κ1) is 15.8. The zero-order valence-corrected chi connectivity index (χ0v) is 13.0. The van der Waals surface area contributed by atoms with Crippen molar-refractivity contribution in [2.75, 3.05) is 0 Å². The number of halogens is 1. The number of ketones is 1. The Balaban J connectivity index is 1.82. The van der Waals surface area contributed by atoms with Crippen LogP contribution >= 0.6 is 0 Å². The maximum Gasteiger partial charge on any atom is 0.177 e. The number of imidazole rings is 1. The molecule has 0 aliphatic rings. The van der Waals surface area contributed by atoms with E-state index in [1.807, 2.05) is 6.07 Å². The zero-order valence-electron chi connectivity index (χ0n) is 13.0. The molecule has 0 bridgehead atoms. The fourth-order valence-corrected chi connectivity index (χ4v) is 2.69. The molecule has 0 aliphatic carbocycles. The Bertz CT molecular complexity index is 895. The highest BCUT2D eigenvalue weighted by molar-refractivity contribution is 5.89. The number of carbonyl (C=O) groups excluding carboxylic acids is 1. The van der Waals surface area contributed by atoms with Crippen molar-refractivity contribution in [3.05, 3.63) is 59.8 Å². The second-order valence-corrected chi connectivity index (χ2v) is 5.65. The summed E-state index contributed by atoms with van der Waals surface area (Å²) in [7, 11) is 0. The molecule has 0 saturated heterocycles. The number of hydrogen-bond donors (Lipinski definition) is 1. The van der Waals surface area contributed by atoms with Crippen LogP contribution in [0.2, 0.25) is 0 Å². The second-order valence-electron chi connectivity index (χ2n) is 5.65. The first-order valence-electron chi connectivity index (χ1n) is 7.57. The van der Waals surface area contributed by atoms with E-state index in [4.69, 9.17) is 0 Å². The molecule has 0 radical (unpaired) electrons. The largest absolute Gasteiger partial charge is 0.339 e. The van der Waals surface area contributed by atoms with Gasteiger partial charge in [0, 0.05) is 12.6 Å². The van der Waals surface area contributed by atoms with Crippen LogP contribution in [0.25, 0.3) is 11.2 Å². The van der Waals surface area contributed by atoms with Gasteiger partial charge in [0.1, 0.15) is 11.6 Å². The monoisotopic (exact) mass is 322 g/mol. The summed E-state index contributed by atoms with van der Waals surface area (Å²) >= 11 is 0. The summed E-state index contributed by atoms with van der Waals surface area (Å²) in [4.78, 5) is 23.8. The Morgan fingerprint density at radius 2 is 2.12 bits per heavy atom. The number of carbonyl (C=O) groups is 1. The Morgan fingerprint density at radius 3 is 2.83 bits per heavy atom. The standard InChI is InChI=1S/C18H15FN4O/c1-11(12-5-2-3-6-14(12)19)9-16(24)13(10-20)17-22-15-7-4-8-21-18(15)23-17/h2-8,11,13H,9H2,1H3,(H,21,22,23)/t11-,13+/m1/s1. The van der Waals surface area contributed by atoms with Crippen molar-refractivity contribution >= 4 is 16.9 Å². The van der Waals surface area contributed by atoms with E-state index in [-0.39, 0.29) is 29.8 Å². The van der Waals surface area contributed by atoms with Crippen LogP contribution in [0.3, 0.4) is 0 Å². The summed E-state index contributed by atoms with van der Waals surface area (Å²) in [6, 6.07) is 11.9. The third-order valence-electron chi connectivity index (χ3n) is 3.94. The summed E-state index contributed by atoms with van der Waals surface area (Å²) in [5.41, 5.74) is 1.60. The number of aromatic nitrogens is 3. The maximum atomic E-state index is 13.8. The summed E-state index contributed by atoms with van der Waals surface area (Å²) in [5.74, 6) is -1.71. The van der Waals surface area contributed by atoms with Crippen molar-refractivity contribution < 1.29 is 9.18 Å². The van der Waals surface area contributed by atoms with Gasteiger partial charge in [0.15, 0.2) is 17.3 Å². The lowest BCUT2D eigenvalue weighted by Crippen LogP contribution is -2.15. The minimum atomic E-state index is -1.02. The molecule has 2 heterocycles. The number of H-pyrrole nitrogens is 1. The molecule has 2 aromatic heterocycles. The molecular weight excluding hydrogens is 307 g/mol. The number of nitrogens with one attached hydrogen (secondary N) is 1. The molecular formula is C18H15FN4O. The van der Waals surface area contributed by atoms with Crippen molar-refractivity contribution in [3.8, 4) is 6.07 Å². The van der Waals surface area contributed by atoms with Gasteiger partial charge in [-0.1, -0.05) is 25.1 Å². The fraction of sp³-hybridized carbons (Fsp3) is 0.222. The van der Waals surface area contributed by atoms with Gasteiger partial charge in [-0.2, -0.15) is 5.26 Å². The van der Waals surface area contributed by atoms with Gasteiger partial charge in [0.05, 0.1) is 11.6 Å². The molecule has 5 nitrogen and oxygen atoms in total. The Hall–Kier alpha value is -3.07. The first-order valence-corrected chi connectivity index (χ1v) is 7.57. The molecule has 0 spiro atoms. The molecule has 24 heavy (non-hydrogen) atoms. The molecule has 120 valence electrons. The van der Waals surface area contributed by atoms with Crippen LogP contribution in [0.5, 0.6) is 0 Å².